The van der Waals surface area contributed by atoms with E-state index in [-0.39, 0.29) is 6.67 Å². The summed E-state index contributed by atoms with van der Waals surface area (Å²) >= 11 is 0. The molecule has 0 aromatic carbocycles. The second kappa shape index (κ2) is 7.89. The van der Waals surface area contributed by atoms with Crippen LogP contribution in [0.25, 0.3) is 0 Å². The van der Waals surface area contributed by atoms with E-state index in [4.69, 9.17) is 4.74 Å². The van der Waals surface area contributed by atoms with Crippen molar-refractivity contribution in [2.75, 3.05) is 19.9 Å². The molecule has 0 fully saturated rings. The van der Waals surface area contributed by atoms with E-state index in [0.29, 0.717) is 13.0 Å². The van der Waals surface area contributed by atoms with E-state index in [1.54, 1.807) is 0 Å². The SMILES string of the molecule is CCCCOCCCF. The van der Waals surface area contributed by atoms with Gasteiger partial charge in [0.15, 0.2) is 0 Å². The molecule has 0 aliphatic rings. The Balaban J connectivity index is 2.60. The maximum absolute atomic E-state index is 11.4. The van der Waals surface area contributed by atoms with Crippen LogP contribution in [-0.4, -0.2) is 19.9 Å². The van der Waals surface area contributed by atoms with Crippen LogP contribution in [0.4, 0.5) is 4.39 Å². The van der Waals surface area contributed by atoms with Gasteiger partial charge < -0.3 is 4.74 Å². The molecular weight excluding hydrogens is 119 g/mol. The Bertz CT molecular complexity index is 42.2. The number of hydrogen-bond donors (Lipinski definition) is 0. The minimum atomic E-state index is -0.258. The van der Waals surface area contributed by atoms with Crippen LogP contribution in [0.5, 0.6) is 0 Å². The number of ether oxygens (including phenoxy) is 1. The van der Waals surface area contributed by atoms with Crippen molar-refractivity contribution in [3.8, 4) is 0 Å². The van der Waals surface area contributed by atoms with E-state index in [2.05, 4.69) is 6.92 Å². The lowest BCUT2D eigenvalue weighted by Gasteiger charge is -1.98. The Morgan fingerprint density at radius 3 is 2.44 bits per heavy atom. The molecule has 0 bridgehead atoms. The highest BCUT2D eigenvalue weighted by molar-refractivity contribution is 4.34. The van der Waals surface area contributed by atoms with Crippen molar-refractivity contribution in [1.82, 2.24) is 0 Å². The Morgan fingerprint density at radius 2 is 1.89 bits per heavy atom. The Hall–Kier alpha value is -0.110. The van der Waals surface area contributed by atoms with E-state index in [1.165, 1.54) is 0 Å². The smallest absolute Gasteiger partial charge is 0.0916 e. The fraction of sp³-hybridized carbons (Fsp3) is 1.00. The van der Waals surface area contributed by atoms with Crippen LogP contribution in [0.3, 0.4) is 0 Å². The zero-order valence-corrected chi connectivity index (χ0v) is 6.03. The van der Waals surface area contributed by atoms with E-state index < -0.39 is 0 Å². The normalized spacial score (nSPS) is 10.0. The summed E-state index contributed by atoms with van der Waals surface area (Å²) in [4.78, 5) is 0. The third-order valence-electron chi connectivity index (χ3n) is 1.06. The predicted molar refractivity (Wildman–Crippen MR) is 36.3 cm³/mol. The molecule has 0 aliphatic heterocycles. The van der Waals surface area contributed by atoms with E-state index in [0.717, 1.165) is 19.4 Å². The molecule has 0 aromatic heterocycles. The molecule has 0 spiro atoms. The van der Waals surface area contributed by atoms with Crippen LogP contribution in [0.2, 0.25) is 0 Å². The third kappa shape index (κ3) is 7.89. The highest BCUT2D eigenvalue weighted by Crippen LogP contribution is 1.89. The third-order valence-corrected chi connectivity index (χ3v) is 1.06. The van der Waals surface area contributed by atoms with Crippen molar-refractivity contribution in [1.29, 1.82) is 0 Å². The second-order valence-electron chi connectivity index (χ2n) is 2.01. The molecule has 0 atom stereocenters. The highest BCUT2D eigenvalue weighted by atomic mass is 19.1. The van der Waals surface area contributed by atoms with Gasteiger partial charge in [0.25, 0.3) is 0 Å². The number of rotatable bonds is 6. The number of hydrogen-bond acceptors (Lipinski definition) is 1. The highest BCUT2D eigenvalue weighted by Gasteiger charge is 1.85. The maximum Gasteiger partial charge on any atom is 0.0916 e. The molecule has 0 saturated carbocycles. The lowest BCUT2D eigenvalue weighted by atomic mass is 10.4. The molecule has 0 saturated heterocycles. The molecule has 9 heavy (non-hydrogen) atoms. The van der Waals surface area contributed by atoms with Crippen LogP contribution in [0.1, 0.15) is 26.2 Å². The van der Waals surface area contributed by atoms with Crippen molar-refractivity contribution in [2.45, 2.75) is 26.2 Å². The summed E-state index contributed by atoms with van der Waals surface area (Å²) in [6.45, 7) is 3.22. The quantitative estimate of drug-likeness (QED) is 0.506. The molecule has 0 N–H and O–H groups in total. The molecule has 0 aromatic rings. The van der Waals surface area contributed by atoms with Gasteiger partial charge in [0, 0.05) is 13.2 Å². The Kier molecular flexibility index (Phi) is 7.79. The fourth-order valence-corrected chi connectivity index (χ4v) is 0.505. The van der Waals surface area contributed by atoms with E-state index in [9.17, 15) is 4.39 Å². The molecular formula is C7H15FO. The van der Waals surface area contributed by atoms with Gasteiger partial charge in [-0.2, -0.15) is 0 Å². The number of unbranched alkanes of at least 4 members (excludes halogenated alkanes) is 1. The monoisotopic (exact) mass is 134 g/mol. The summed E-state index contributed by atoms with van der Waals surface area (Å²) in [7, 11) is 0. The second-order valence-corrected chi connectivity index (χ2v) is 2.01. The zero-order valence-electron chi connectivity index (χ0n) is 6.03. The summed E-state index contributed by atoms with van der Waals surface area (Å²) in [5.41, 5.74) is 0. The summed E-state index contributed by atoms with van der Waals surface area (Å²) in [5, 5.41) is 0. The van der Waals surface area contributed by atoms with Gasteiger partial charge in [-0.25, -0.2) is 0 Å². The van der Waals surface area contributed by atoms with Crippen LogP contribution in [-0.2, 0) is 4.74 Å². The van der Waals surface area contributed by atoms with Gasteiger partial charge in [-0.05, 0) is 12.8 Å². The minimum absolute atomic E-state index is 0.258. The van der Waals surface area contributed by atoms with Gasteiger partial charge in [0.2, 0.25) is 0 Å². The molecule has 2 heteroatoms. The minimum Gasteiger partial charge on any atom is -0.381 e. The summed E-state index contributed by atoms with van der Waals surface area (Å²) in [6.07, 6.45) is 2.78. The molecule has 0 amide bonds. The fourth-order valence-electron chi connectivity index (χ4n) is 0.505. The van der Waals surface area contributed by atoms with E-state index in [1.807, 2.05) is 0 Å². The number of halogens is 1. The lowest BCUT2D eigenvalue weighted by molar-refractivity contribution is 0.124. The first-order valence-electron chi connectivity index (χ1n) is 3.55. The van der Waals surface area contributed by atoms with Crippen LogP contribution in [0, 0.1) is 0 Å². The van der Waals surface area contributed by atoms with Crippen LogP contribution < -0.4 is 0 Å². The van der Waals surface area contributed by atoms with E-state index >= 15 is 0 Å². The van der Waals surface area contributed by atoms with Crippen molar-refractivity contribution in [3.63, 3.8) is 0 Å². The van der Waals surface area contributed by atoms with Gasteiger partial charge >= 0.3 is 0 Å². The first-order valence-corrected chi connectivity index (χ1v) is 3.55. The van der Waals surface area contributed by atoms with Gasteiger partial charge in [0.1, 0.15) is 0 Å². The van der Waals surface area contributed by atoms with Crippen molar-refractivity contribution in [2.24, 2.45) is 0 Å². The molecule has 0 rings (SSSR count). The molecule has 0 unspecified atom stereocenters. The average molecular weight is 134 g/mol. The summed E-state index contributed by atoms with van der Waals surface area (Å²) < 4.78 is 16.5. The zero-order chi connectivity index (χ0) is 6.95. The van der Waals surface area contributed by atoms with Crippen molar-refractivity contribution in [3.05, 3.63) is 0 Å². The number of alkyl halides is 1. The predicted octanol–water partition coefficient (Wildman–Crippen LogP) is 2.16. The standard InChI is InChI=1S/C7H15FO/c1-2-3-6-9-7-4-5-8/h2-7H2,1H3. The Labute approximate surface area is 56.2 Å². The summed E-state index contributed by atoms with van der Waals surface area (Å²) in [6, 6.07) is 0. The largest absolute Gasteiger partial charge is 0.381 e. The van der Waals surface area contributed by atoms with Gasteiger partial charge in [-0.15, -0.1) is 0 Å². The van der Waals surface area contributed by atoms with Crippen molar-refractivity contribution >= 4 is 0 Å². The molecule has 56 valence electrons. The van der Waals surface area contributed by atoms with Crippen molar-refractivity contribution < 1.29 is 9.13 Å². The average Bonchev–Trinajstić information content (AvgIpc) is 1.89. The summed E-state index contributed by atoms with van der Waals surface area (Å²) in [5.74, 6) is 0. The molecule has 0 radical (unpaired) electrons. The molecule has 0 heterocycles. The lowest BCUT2D eigenvalue weighted by Crippen LogP contribution is -1.96. The maximum atomic E-state index is 11.4. The van der Waals surface area contributed by atoms with Crippen LogP contribution in [0.15, 0.2) is 0 Å². The Morgan fingerprint density at radius 1 is 1.22 bits per heavy atom. The first kappa shape index (κ1) is 8.89. The topological polar surface area (TPSA) is 9.23 Å². The van der Waals surface area contributed by atoms with Gasteiger partial charge in [-0.3, -0.25) is 4.39 Å². The van der Waals surface area contributed by atoms with Gasteiger partial charge in [0.05, 0.1) is 6.67 Å². The first-order chi connectivity index (χ1) is 4.41. The molecule has 0 aliphatic carbocycles. The van der Waals surface area contributed by atoms with Crippen LogP contribution >= 0.6 is 0 Å². The van der Waals surface area contributed by atoms with Gasteiger partial charge in [-0.1, -0.05) is 13.3 Å². The molecule has 1 nitrogen and oxygen atoms in total.